The van der Waals surface area contributed by atoms with Gasteiger partial charge in [-0.3, -0.25) is 0 Å². The Morgan fingerprint density at radius 3 is 2.58 bits per heavy atom. The van der Waals surface area contributed by atoms with Gasteiger partial charge in [-0.1, -0.05) is 0 Å². The quantitative estimate of drug-likeness (QED) is 0.805. The van der Waals surface area contributed by atoms with Crippen LogP contribution < -0.4 is 10.0 Å². The van der Waals surface area contributed by atoms with E-state index in [0.717, 1.165) is 12.4 Å². The number of rotatable bonds is 3. The van der Waals surface area contributed by atoms with Crippen LogP contribution in [0.15, 0.2) is 12.4 Å². The van der Waals surface area contributed by atoms with Crippen LogP contribution in [0.3, 0.4) is 0 Å². The van der Waals surface area contributed by atoms with Crippen LogP contribution >= 0.6 is 0 Å². The molecule has 0 unspecified atom stereocenters. The molecule has 1 aromatic rings. The summed E-state index contributed by atoms with van der Waals surface area (Å²) in [4.78, 5) is 9.30. The van der Waals surface area contributed by atoms with Crippen LogP contribution in [-0.4, -0.2) is 49.9 Å². The van der Waals surface area contributed by atoms with Crippen LogP contribution in [0.25, 0.3) is 0 Å². The molecule has 0 saturated carbocycles. The fourth-order valence-electron chi connectivity index (χ4n) is 2.05. The van der Waals surface area contributed by atoms with Gasteiger partial charge in [0.25, 0.3) is 0 Å². The summed E-state index contributed by atoms with van der Waals surface area (Å²) >= 11 is 0. The molecule has 1 saturated heterocycles. The maximum Gasteiger partial charge on any atom is 0.225 e. The Labute approximate surface area is 110 Å². The molecule has 2 heterocycles. The van der Waals surface area contributed by atoms with E-state index >= 15 is 0 Å². The second-order valence-corrected chi connectivity index (χ2v) is 6.26. The molecule has 1 fully saturated rings. The van der Waals surface area contributed by atoms with Crippen LogP contribution in [0.1, 0.15) is 6.42 Å². The monoisotopic (exact) mass is 290 g/mol. The third-order valence-corrected chi connectivity index (χ3v) is 4.33. The predicted molar refractivity (Wildman–Crippen MR) is 66.5 cm³/mol. The van der Waals surface area contributed by atoms with Gasteiger partial charge < -0.3 is 9.64 Å². The second kappa shape index (κ2) is 5.35. The molecule has 0 aromatic carbocycles. The molecule has 0 aliphatic carbocycles. The van der Waals surface area contributed by atoms with Crippen molar-refractivity contribution >= 4 is 16.0 Å². The molecule has 1 aliphatic rings. The van der Waals surface area contributed by atoms with Crippen LogP contribution in [0.4, 0.5) is 10.3 Å². The SMILES string of the molecule is CO[C@H]1C[C@H](S(N)(=O)=O)CN(c2ncc(F)cn2)C1. The molecular weight excluding hydrogens is 275 g/mol. The lowest BCUT2D eigenvalue weighted by molar-refractivity contribution is 0.0898. The zero-order valence-electron chi connectivity index (χ0n) is 10.4. The Morgan fingerprint density at radius 2 is 2.05 bits per heavy atom. The topological polar surface area (TPSA) is 98.4 Å². The number of hydrogen-bond donors (Lipinski definition) is 1. The Morgan fingerprint density at radius 1 is 1.42 bits per heavy atom. The van der Waals surface area contributed by atoms with Crippen molar-refractivity contribution in [2.45, 2.75) is 17.8 Å². The zero-order valence-corrected chi connectivity index (χ0v) is 11.2. The number of methoxy groups -OCH3 is 1. The minimum atomic E-state index is -3.67. The summed E-state index contributed by atoms with van der Waals surface area (Å²) < 4.78 is 40.9. The Hall–Kier alpha value is -1.32. The van der Waals surface area contributed by atoms with Crippen molar-refractivity contribution < 1.29 is 17.5 Å². The molecule has 0 spiro atoms. The number of primary sulfonamides is 1. The Balaban J connectivity index is 2.22. The van der Waals surface area contributed by atoms with E-state index in [1.54, 1.807) is 4.90 Å². The maximum absolute atomic E-state index is 12.8. The number of anilines is 1. The molecule has 2 atom stereocenters. The number of hydrogen-bond acceptors (Lipinski definition) is 6. The van der Waals surface area contributed by atoms with Crippen molar-refractivity contribution in [1.82, 2.24) is 9.97 Å². The highest BCUT2D eigenvalue weighted by Gasteiger charge is 2.34. The minimum Gasteiger partial charge on any atom is -0.380 e. The number of piperidine rings is 1. The molecule has 0 bridgehead atoms. The molecular formula is C10H15FN4O3S. The van der Waals surface area contributed by atoms with Gasteiger partial charge in [0.05, 0.1) is 23.7 Å². The number of ether oxygens (including phenoxy) is 1. The van der Waals surface area contributed by atoms with E-state index in [2.05, 4.69) is 9.97 Å². The molecule has 106 valence electrons. The first-order valence-corrected chi connectivity index (χ1v) is 7.28. The Kier molecular flexibility index (Phi) is 3.97. The van der Waals surface area contributed by atoms with Gasteiger partial charge in [-0.2, -0.15) is 0 Å². The first-order valence-electron chi connectivity index (χ1n) is 5.67. The van der Waals surface area contributed by atoms with Crippen molar-refractivity contribution in [2.75, 3.05) is 25.1 Å². The van der Waals surface area contributed by atoms with Crippen LogP contribution in [0.2, 0.25) is 0 Å². The summed E-state index contributed by atoms with van der Waals surface area (Å²) in [6.45, 7) is 0.610. The van der Waals surface area contributed by atoms with Gasteiger partial charge in [-0.15, -0.1) is 0 Å². The highest BCUT2D eigenvalue weighted by atomic mass is 32.2. The fraction of sp³-hybridized carbons (Fsp3) is 0.600. The lowest BCUT2D eigenvalue weighted by Crippen LogP contribution is -2.51. The van der Waals surface area contributed by atoms with Crippen molar-refractivity contribution in [1.29, 1.82) is 0 Å². The van der Waals surface area contributed by atoms with Crippen LogP contribution in [0.5, 0.6) is 0 Å². The lowest BCUT2D eigenvalue weighted by atomic mass is 10.1. The minimum absolute atomic E-state index is 0.171. The van der Waals surface area contributed by atoms with E-state index in [4.69, 9.17) is 9.88 Å². The zero-order chi connectivity index (χ0) is 14.0. The molecule has 19 heavy (non-hydrogen) atoms. The third kappa shape index (κ3) is 3.37. The van der Waals surface area contributed by atoms with Gasteiger partial charge >= 0.3 is 0 Å². The summed E-state index contributed by atoms with van der Waals surface area (Å²) in [6.07, 6.45) is 2.10. The molecule has 1 aliphatic heterocycles. The van der Waals surface area contributed by atoms with Crippen molar-refractivity contribution in [3.8, 4) is 0 Å². The largest absolute Gasteiger partial charge is 0.380 e. The Bertz CT molecular complexity index is 536. The molecule has 0 amide bonds. The average molecular weight is 290 g/mol. The van der Waals surface area contributed by atoms with Crippen molar-refractivity contribution in [3.05, 3.63) is 18.2 Å². The van der Waals surface area contributed by atoms with Gasteiger partial charge in [0.2, 0.25) is 16.0 Å². The molecule has 2 rings (SSSR count). The van der Waals surface area contributed by atoms with E-state index in [-0.39, 0.29) is 18.6 Å². The van der Waals surface area contributed by atoms with Gasteiger partial charge in [0.15, 0.2) is 5.82 Å². The summed E-state index contributed by atoms with van der Waals surface area (Å²) in [5.74, 6) is -0.288. The fourth-order valence-corrected chi connectivity index (χ4v) is 2.92. The molecule has 7 nitrogen and oxygen atoms in total. The molecule has 2 N–H and O–H groups in total. The maximum atomic E-state index is 12.8. The van der Waals surface area contributed by atoms with Crippen molar-refractivity contribution in [2.24, 2.45) is 5.14 Å². The van der Waals surface area contributed by atoms with Crippen molar-refractivity contribution in [3.63, 3.8) is 0 Å². The van der Waals surface area contributed by atoms with Crippen LogP contribution in [0, 0.1) is 5.82 Å². The summed E-state index contributed by atoms with van der Waals surface area (Å²) in [5.41, 5.74) is 0. The summed E-state index contributed by atoms with van der Waals surface area (Å²) in [5, 5.41) is 4.43. The standard InChI is InChI=1S/C10H15FN4O3S/c1-18-8-2-9(19(12,16)17)6-15(5-8)10-13-3-7(11)4-14-10/h3-4,8-9H,2,5-6H2,1H3,(H2,12,16,17)/t8-,9-/m0/s1. The smallest absolute Gasteiger partial charge is 0.225 e. The highest BCUT2D eigenvalue weighted by Crippen LogP contribution is 2.21. The third-order valence-electron chi connectivity index (χ3n) is 3.06. The highest BCUT2D eigenvalue weighted by molar-refractivity contribution is 7.89. The van der Waals surface area contributed by atoms with Gasteiger partial charge in [-0.05, 0) is 6.42 Å². The second-order valence-electron chi connectivity index (χ2n) is 4.41. The number of nitrogens with two attached hydrogens (primary N) is 1. The number of sulfonamides is 1. The van der Waals surface area contributed by atoms with Gasteiger partial charge in [0.1, 0.15) is 0 Å². The number of aromatic nitrogens is 2. The normalized spacial score (nSPS) is 24.5. The van der Waals surface area contributed by atoms with E-state index < -0.39 is 21.1 Å². The summed E-state index contributed by atoms with van der Waals surface area (Å²) in [6, 6.07) is 0. The first kappa shape index (κ1) is 14.1. The van der Waals surface area contributed by atoms with E-state index in [9.17, 15) is 12.8 Å². The molecule has 9 heteroatoms. The predicted octanol–water partition coefficient (Wildman–Crippen LogP) is -0.502. The average Bonchev–Trinajstić information content (AvgIpc) is 2.38. The van der Waals surface area contributed by atoms with Gasteiger partial charge in [0, 0.05) is 20.2 Å². The number of halogens is 1. The van der Waals surface area contributed by atoms with E-state index in [1.807, 2.05) is 0 Å². The van der Waals surface area contributed by atoms with Crippen LogP contribution in [-0.2, 0) is 14.8 Å². The van der Waals surface area contributed by atoms with E-state index in [1.165, 1.54) is 7.11 Å². The first-order chi connectivity index (χ1) is 8.90. The molecule has 0 radical (unpaired) electrons. The summed E-state index contributed by atoms with van der Waals surface area (Å²) in [7, 11) is -2.17. The lowest BCUT2D eigenvalue weighted by Gasteiger charge is -2.35. The van der Waals surface area contributed by atoms with E-state index in [0.29, 0.717) is 13.0 Å². The van der Waals surface area contributed by atoms with Gasteiger partial charge in [-0.25, -0.2) is 27.9 Å². The molecule has 1 aromatic heterocycles. The number of nitrogens with zero attached hydrogens (tertiary/aromatic N) is 3.